The van der Waals surface area contributed by atoms with Gasteiger partial charge in [-0.1, -0.05) is 256 Å². The zero-order valence-corrected chi connectivity index (χ0v) is 51.2. The van der Waals surface area contributed by atoms with Gasteiger partial charge < -0.3 is 9.47 Å². The third-order valence-corrected chi connectivity index (χ3v) is 13.3. The Kier molecular flexibility index (Phi) is 29.1. The maximum Gasteiger partial charge on any atom is 0.305 e. The first-order chi connectivity index (χ1) is 35.6. The quantitative estimate of drug-likeness (QED) is 0.0716. The van der Waals surface area contributed by atoms with E-state index in [2.05, 4.69) is 256 Å². The van der Waals surface area contributed by atoms with E-state index in [-0.39, 0.29) is 27.6 Å². The molecule has 0 saturated carbocycles. The van der Waals surface area contributed by atoms with E-state index < -0.39 is 0 Å². The highest BCUT2D eigenvalue weighted by Crippen LogP contribution is 2.31. The number of benzene rings is 6. The Morgan fingerprint density at radius 3 is 1.20 bits per heavy atom. The number of fused-ring (bicyclic) bond motifs is 1. The molecule has 6 rings (SSSR count). The topological polar surface area (TPSA) is 52.6 Å². The average Bonchev–Trinajstić information content (AvgIpc) is 3.36. The van der Waals surface area contributed by atoms with E-state index in [1.165, 1.54) is 68.1 Å². The minimum absolute atomic E-state index is 0.0919. The number of aryl methyl sites for hydroxylation is 3. The van der Waals surface area contributed by atoms with Crippen molar-refractivity contribution in [1.29, 1.82) is 0 Å². The lowest BCUT2D eigenvalue weighted by atomic mass is 9.82. The van der Waals surface area contributed by atoms with Crippen LogP contribution in [0.25, 0.3) is 10.8 Å². The molecular formula is C72H104O4. The van der Waals surface area contributed by atoms with Crippen molar-refractivity contribution < 1.29 is 19.1 Å². The van der Waals surface area contributed by atoms with Crippen LogP contribution in [0.2, 0.25) is 0 Å². The standard InChI is InChI=1S/C16H24O2.C16H26O.C16H24O.C14H16.C10H14/c1-5-18-15(17)12-8-10-13-9-6-7-11-14(13)16(2,3)4;1-5-17-13-9-8-11-14-10-6-7-12-15(14)16(2,3)4;1-5-14(17)11-8-10-13-9-6-7-12-15(13)16(2,3)4;1-14(2,3)13-10-6-8-11-7-4-5-9-12(11)13;1-10(2,3)9-7-5-4-6-8-9/h6-7,9,11H,5,8,10,12H2,1-4H3;6-7,10,12H,5,8-9,11,13H2,1-4H3;6-7,9,12H,5,8,10-11H2,1-4H3;4-10H,1-3H3;4-8H,1-3H3. The minimum atomic E-state index is -0.0919. The maximum absolute atomic E-state index is 11.3. The smallest absolute Gasteiger partial charge is 0.305 e. The predicted molar refractivity (Wildman–Crippen MR) is 330 cm³/mol. The Bertz CT molecular complexity index is 2540. The molecule has 0 fully saturated rings. The summed E-state index contributed by atoms with van der Waals surface area (Å²) in [5.74, 6) is 0.281. The fourth-order valence-electron chi connectivity index (χ4n) is 9.20. The Morgan fingerprint density at radius 2 is 0.776 bits per heavy atom. The normalized spacial score (nSPS) is 11.6. The molecule has 0 aromatic heterocycles. The summed E-state index contributed by atoms with van der Waals surface area (Å²) in [6.45, 7) is 41.7. The van der Waals surface area contributed by atoms with Crippen molar-refractivity contribution in [3.63, 3.8) is 0 Å². The molecule has 0 aliphatic rings. The maximum atomic E-state index is 11.3. The van der Waals surface area contributed by atoms with Crippen molar-refractivity contribution in [2.75, 3.05) is 19.8 Å². The molecule has 0 bridgehead atoms. The first-order valence-electron chi connectivity index (χ1n) is 28.7. The van der Waals surface area contributed by atoms with Gasteiger partial charge in [0.1, 0.15) is 5.78 Å². The highest BCUT2D eigenvalue weighted by Gasteiger charge is 2.20. The number of hydrogen-bond acceptors (Lipinski definition) is 4. The molecule has 0 saturated heterocycles. The van der Waals surface area contributed by atoms with E-state index >= 15 is 0 Å². The van der Waals surface area contributed by atoms with Crippen molar-refractivity contribution >= 4 is 22.5 Å². The number of carbonyl (C=O) groups excluding carboxylic acids is 2. The van der Waals surface area contributed by atoms with E-state index in [0.29, 0.717) is 30.6 Å². The number of Topliss-reactive ketones (excluding diaryl/α,β-unsaturated/α-hetero) is 1. The summed E-state index contributed by atoms with van der Waals surface area (Å²) >= 11 is 0. The molecule has 416 valence electrons. The molecule has 0 radical (unpaired) electrons. The monoisotopic (exact) mass is 1030 g/mol. The van der Waals surface area contributed by atoms with E-state index in [1.54, 1.807) is 0 Å². The van der Waals surface area contributed by atoms with Crippen molar-refractivity contribution in [2.45, 2.75) is 216 Å². The Morgan fingerprint density at radius 1 is 0.382 bits per heavy atom. The number of hydrogen-bond donors (Lipinski definition) is 0. The molecule has 0 N–H and O–H groups in total. The van der Waals surface area contributed by atoms with Crippen LogP contribution in [0, 0.1) is 0 Å². The molecule has 0 heterocycles. The molecule has 6 aromatic rings. The van der Waals surface area contributed by atoms with Gasteiger partial charge in [-0.25, -0.2) is 0 Å². The number of unbranched alkanes of at least 4 members (excludes halogenated alkanes) is 1. The second kappa shape index (κ2) is 33.1. The van der Waals surface area contributed by atoms with Gasteiger partial charge in [0, 0.05) is 32.5 Å². The molecule has 4 heteroatoms. The SMILES string of the molecule is CC(C)(C)c1cccc2ccccc12.CC(C)(C)c1ccccc1.CCC(=O)CCCc1ccccc1C(C)(C)C.CCOC(=O)CCCc1ccccc1C(C)(C)C.CCOCCCCc1ccccc1C(C)(C)C. The van der Waals surface area contributed by atoms with Gasteiger partial charge in [0.15, 0.2) is 0 Å². The first kappa shape index (κ1) is 66.8. The molecule has 0 unspecified atom stereocenters. The summed E-state index contributed by atoms with van der Waals surface area (Å²) in [6, 6.07) is 51.5. The van der Waals surface area contributed by atoms with Crippen LogP contribution in [0.1, 0.15) is 214 Å². The van der Waals surface area contributed by atoms with Crippen LogP contribution in [0.3, 0.4) is 0 Å². The lowest BCUT2D eigenvalue weighted by Crippen LogP contribution is -2.14. The highest BCUT2D eigenvalue weighted by atomic mass is 16.5. The summed E-state index contributed by atoms with van der Waals surface area (Å²) in [7, 11) is 0. The molecule has 0 spiro atoms. The second-order valence-electron chi connectivity index (χ2n) is 25.2. The summed E-state index contributed by atoms with van der Waals surface area (Å²) in [4.78, 5) is 22.6. The molecule has 76 heavy (non-hydrogen) atoms. The van der Waals surface area contributed by atoms with Crippen LogP contribution in [0.15, 0.2) is 146 Å². The number of carbonyl (C=O) groups is 2. The molecule has 0 aliphatic carbocycles. The minimum Gasteiger partial charge on any atom is -0.466 e. The van der Waals surface area contributed by atoms with Crippen LogP contribution >= 0.6 is 0 Å². The lowest BCUT2D eigenvalue weighted by molar-refractivity contribution is -0.143. The van der Waals surface area contributed by atoms with E-state index in [1.807, 2.05) is 13.8 Å². The molecule has 6 aromatic carbocycles. The number of esters is 1. The lowest BCUT2D eigenvalue weighted by Gasteiger charge is -2.22. The summed E-state index contributed by atoms with van der Waals surface area (Å²) in [5.41, 5.74) is 12.4. The Hall–Kier alpha value is -5.32. The van der Waals surface area contributed by atoms with Gasteiger partial charge >= 0.3 is 5.97 Å². The fraction of sp³-hybridized carbons (Fsp3) is 0.500. The van der Waals surface area contributed by atoms with Gasteiger partial charge in [-0.05, 0) is 141 Å². The van der Waals surface area contributed by atoms with Crippen LogP contribution < -0.4 is 0 Å². The number of rotatable bonds is 16. The average molecular weight is 1030 g/mol. The molecule has 4 nitrogen and oxygen atoms in total. The molecule has 0 atom stereocenters. The van der Waals surface area contributed by atoms with Gasteiger partial charge in [0.2, 0.25) is 0 Å². The van der Waals surface area contributed by atoms with Crippen molar-refractivity contribution in [3.8, 4) is 0 Å². The van der Waals surface area contributed by atoms with Crippen molar-refractivity contribution in [3.05, 3.63) is 190 Å². The Labute approximate surface area is 465 Å². The molecule has 0 amide bonds. The van der Waals surface area contributed by atoms with Gasteiger partial charge in [0.05, 0.1) is 6.61 Å². The number of ether oxygens (including phenoxy) is 2. The molecule has 0 aliphatic heterocycles. The van der Waals surface area contributed by atoms with Crippen LogP contribution in [0.5, 0.6) is 0 Å². The van der Waals surface area contributed by atoms with E-state index in [9.17, 15) is 9.59 Å². The third-order valence-electron chi connectivity index (χ3n) is 13.3. The largest absolute Gasteiger partial charge is 0.466 e. The van der Waals surface area contributed by atoms with Gasteiger partial charge in [-0.15, -0.1) is 0 Å². The van der Waals surface area contributed by atoms with Gasteiger partial charge in [-0.3, -0.25) is 9.59 Å². The van der Waals surface area contributed by atoms with Crippen LogP contribution in [0.4, 0.5) is 0 Å². The predicted octanol–water partition coefficient (Wildman–Crippen LogP) is 19.6. The summed E-state index contributed by atoms with van der Waals surface area (Å²) in [6.07, 6.45) is 9.21. The fourth-order valence-corrected chi connectivity index (χ4v) is 9.20. The third kappa shape index (κ3) is 25.7. The van der Waals surface area contributed by atoms with E-state index in [0.717, 1.165) is 51.7 Å². The summed E-state index contributed by atoms with van der Waals surface area (Å²) < 4.78 is 10.3. The first-order valence-corrected chi connectivity index (χ1v) is 28.7. The van der Waals surface area contributed by atoms with Gasteiger partial charge in [-0.2, -0.15) is 0 Å². The zero-order valence-electron chi connectivity index (χ0n) is 51.2. The highest BCUT2D eigenvalue weighted by molar-refractivity contribution is 5.86. The van der Waals surface area contributed by atoms with Crippen molar-refractivity contribution in [2.24, 2.45) is 0 Å². The van der Waals surface area contributed by atoms with Gasteiger partial charge in [0.25, 0.3) is 0 Å². The van der Waals surface area contributed by atoms with Crippen molar-refractivity contribution in [1.82, 2.24) is 0 Å². The van der Waals surface area contributed by atoms with Crippen LogP contribution in [-0.4, -0.2) is 31.6 Å². The summed E-state index contributed by atoms with van der Waals surface area (Å²) in [5, 5.41) is 2.71. The second-order valence-corrected chi connectivity index (χ2v) is 25.2. The molecular weight excluding hydrogens is 929 g/mol. The number of ketones is 1. The van der Waals surface area contributed by atoms with Crippen LogP contribution in [-0.2, 0) is 65.4 Å². The van der Waals surface area contributed by atoms with E-state index in [4.69, 9.17) is 9.47 Å². The zero-order chi connectivity index (χ0) is 57.0. The Balaban J connectivity index is 0.000000329.